The lowest BCUT2D eigenvalue weighted by molar-refractivity contribution is -0.384. The summed E-state index contributed by atoms with van der Waals surface area (Å²) in [5.41, 5.74) is 5.94. The van der Waals surface area contributed by atoms with Gasteiger partial charge in [0.15, 0.2) is 5.69 Å². The predicted octanol–water partition coefficient (Wildman–Crippen LogP) is 1.63. The Morgan fingerprint density at radius 2 is 2.24 bits per heavy atom. The van der Waals surface area contributed by atoms with Crippen molar-refractivity contribution in [1.82, 2.24) is 4.57 Å². The first kappa shape index (κ1) is 14.1. The van der Waals surface area contributed by atoms with E-state index in [9.17, 15) is 14.9 Å². The molecule has 0 aliphatic carbocycles. The van der Waals surface area contributed by atoms with Crippen LogP contribution in [0.25, 0.3) is 5.69 Å². The number of carbonyl (C=O) groups is 1. The van der Waals surface area contributed by atoms with Crippen molar-refractivity contribution in [2.24, 2.45) is 0 Å². The summed E-state index contributed by atoms with van der Waals surface area (Å²) in [6.07, 6.45) is 1.33. The van der Waals surface area contributed by atoms with E-state index in [4.69, 9.17) is 11.0 Å². The van der Waals surface area contributed by atoms with E-state index >= 15 is 0 Å². The van der Waals surface area contributed by atoms with Crippen LogP contribution in [-0.4, -0.2) is 22.6 Å². The molecule has 0 atom stereocenters. The van der Waals surface area contributed by atoms with Crippen LogP contribution in [0.5, 0.6) is 0 Å². The van der Waals surface area contributed by atoms with Gasteiger partial charge in [0.2, 0.25) is 0 Å². The van der Waals surface area contributed by atoms with Gasteiger partial charge in [-0.25, -0.2) is 4.79 Å². The molecule has 0 amide bonds. The van der Waals surface area contributed by atoms with Gasteiger partial charge in [0.25, 0.3) is 5.69 Å². The van der Waals surface area contributed by atoms with Crippen molar-refractivity contribution in [1.29, 1.82) is 5.26 Å². The SMILES string of the molecule is COC(=O)c1c(N)c(C#N)cn1-c1cccc([N+](=O)[O-])c1. The van der Waals surface area contributed by atoms with Gasteiger partial charge < -0.3 is 15.0 Å². The quantitative estimate of drug-likeness (QED) is 0.519. The molecular weight excluding hydrogens is 276 g/mol. The van der Waals surface area contributed by atoms with Gasteiger partial charge in [-0.15, -0.1) is 0 Å². The second kappa shape index (κ2) is 5.34. The zero-order valence-electron chi connectivity index (χ0n) is 10.9. The number of nitrogens with two attached hydrogens (primary N) is 1. The van der Waals surface area contributed by atoms with Gasteiger partial charge in [-0.3, -0.25) is 10.1 Å². The normalized spacial score (nSPS) is 9.90. The highest BCUT2D eigenvalue weighted by Crippen LogP contribution is 2.26. The molecule has 0 radical (unpaired) electrons. The van der Waals surface area contributed by atoms with Crippen LogP contribution in [-0.2, 0) is 4.74 Å². The summed E-state index contributed by atoms with van der Waals surface area (Å²) in [6.45, 7) is 0. The number of ether oxygens (including phenoxy) is 1. The standard InChI is InChI=1S/C13H10N4O4/c1-21-13(18)12-11(15)8(6-14)7-16(12)9-3-2-4-10(5-9)17(19)20/h2-5,7H,15H2,1H3. The number of methoxy groups -OCH3 is 1. The summed E-state index contributed by atoms with van der Waals surface area (Å²) >= 11 is 0. The summed E-state index contributed by atoms with van der Waals surface area (Å²) in [6, 6.07) is 7.47. The minimum absolute atomic E-state index is 0.0316. The summed E-state index contributed by atoms with van der Waals surface area (Å²) in [5, 5.41) is 19.8. The van der Waals surface area contributed by atoms with E-state index in [1.165, 1.54) is 36.1 Å². The maximum Gasteiger partial charge on any atom is 0.357 e. The van der Waals surface area contributed by atoms with Crippen molar-refractivity contribution in [3.63, 3.8) is 0 Å². The van der Waals surface area contributed by atoms with Crippen molar-refractivity contribution < 1.29 is 14.5 Å². The molecule has 1 aromatic carbocycles. The van der Waals surface area contributed by atoms with Gasteiger partial charge in [-0.05, 0) is 6.07 Å². The van der Waals surface area contributed by atoms with Crippen LogP contribution in [0.15, 0.2) is 30.5 Å². The lowest BCUT2D eigenvalue weighted by Crippen LogP contribution is -2.11. The maximum atomic E-state index is 11.8. The number of anilines is 1. The van der Waals surface area contributed by atoms with Crippen molar-refractivity contribution >= 4 is 17.3 Å². The number of nitrogens with zero attached hydrogens (tertiary/aromatic N) is 3. The summed E-state index contributed by atoms with van der Waals surface area (Å²) in [4.78, 5) is 22.1. The van der Waals surface area contributed by atoms with Gasteiger partial charge in [0.05, 0.1) is 29.0 Å². The average Bonchev–Trinajstić information content (AvgIpc) is 2.83. The first-order valence-corrected chi connectivity index (χ1v) is 5.73. The highest BCUT2D eigenvalue weighted by molar-refractivity contribution is 5.96. The molecule has 106 valence electrons. The van der Waals surface area contributed by atoms with Crippen molar-refractivity contribution in [2.75, 3.05) is 12.8 Å². The molecule has 2 rings (SSSR count). The number of aromatic nitrogens is 1. The lowest BCUT2D eigenvalue weighted by atomic mass is 10.2. The molecule has 1 heterocycles. The Morgan fingerprint density at radius 1 is 1.52 bits per heavy atom. The number of carbonyl (C=O) groups excluding carboxylic acids is 1. The Kier molecular flexibility index (Phi) is 3.58. The number of hydrogen-bond donors (Lipinski definition) is 1. The fourth-order valence-electron chi connectivity index (χ4n) is 1.87. The maximum absolute atomic E-state index is 11.8. The number of non-ortho nitro benzene ring substituents is 1. The number of nitriles is 1. The first-order valence-electron chi connectivity index (χ1n) is 5.73. The largest absolute Gasteiger partial charge is 0.464 e. The molecule has 0 saturated heterocycles. The number of esters is 1. The third kappa shape index (κ3) is 2.40. The molecule has 0 fully saturated rings. The molecular formula is C13H10N4O4. The molecule has 21 heavy (non-hydrogen) atoms. The van der Waals surface area contributed by atoms with Crippen molar-refractivity contribution in [3.05, 3.63) is 51.8 Å². The highest BCUT2D eigenvalue weighted by atomic mass is 16.6. The molecule has 8 heteroatoms. The third-order valence-electron chi connectivity index (χ3n) is 2.86. The Morgan fingerprint density at radius 3 is 2.81 bits per heavy atom. The van der Waals surface area contributed by atoms with Gasteiger partial charge >= 0.3 is 5.97 Å². The van der Waals surface area contributed by atoms with E-state index in [1.54, 1.807) is 6.07 Å². The smallest absolute Gasteiger partial charge is 0.357 e. The third-order valence-corrected chi connectivity index (χ3v) is 2.86. The van der Waals surface area contributed by atoms with Gasteiger partial charge in [0, 0.05) is 18.3 Å². The van der Waals surface area contributed by atoms with Crippen LogP contribution in [0.3, 0.4) is 0 Å². The van der Waals surface area contributed by atoms with E-state index in [0.717, 1.165) is 0 Å². The number of hydrogen-bond acceptors (Lipinski definition) is 6. The Balaban J connectivity index is 2.69. The number of nitro groups is 1. The average molecular weight is 286 g/mol. The Bertz CT molecular complexity index is 773. The van der Waals surface area contributed by atoms with E-state index in [0.29, 0.717) is 5.69 Å². The number of nitro benzene ring substituents is 1. The predicted molar refractivity (Wildman–Crippen MR) is 72.9 cm³/mol. The zero-order valence-corrected chi connectivity index (χ0v) is 10.9. The van der Waals surface area contributed by atoms with E-state index in [1.807, 2.05) is 6.07 Å². The van der Waals surface area contributed by atoms with Gasteiger partial charge in [0.1, 0.15) is 6.07 Å². The lowest BCUT2D eigenvalue weighted by Gasteiger charge is -2.08. The number of benzene rings is 1. The second-order valence-corrected chi connectivity index (χ2v) is 4.06. The Labute approximate surface area is 119 Å². The summed E-state index contributed by atoms with van der Waals surface area (Å²) in [5.74, 6) is -0.736. The summed E-state index contributed by atoms with van der Waals surface area (Å²) in [7, 11) is 1.18. The molecule has 0 saturated carbocycles. The molecule has 0 aliphatic rings. The minimum atomic E-state index is -0.736. The molecule has 0 unspecified atom stereocenters. The fourth-order valence-corrected chi connectivity index (χ4v) is 1.87. The molecule has 8 nitrogen and oxygen atoms in total. The minimum Gasteiger partial charge on any atom is -0.464 e. The van der Waals surface area contributed by atoms with Crippen LogP contribution in [0, 0.1) is 21.4 Å². The molecule has 0 bridgehead atoms. The monoisotopic (exact) mass is 286 g/mol. The van der Waals surface area contributed by atoms with Crippen molar-refractivity contribution in [3.8, 4) is 11.8 Å². The van der Waals surface area contributed by atoms with E-state index in [2.05, 4.69) is 4.74 Å². The van der Waals surface area contributed by atoms with Crippen molar-refractivity contribution in [2.45, 2.75) is 0 Å². The van der Waals surface area contributed by atoms with Crippen LogP contribution >= 0.6 is 0 Å². The topological polar surface area (TPSA) is 124 Å². The second-order valence-electron chi connectivity index (χ2n) is 4.06. The van der Waals surface area contributed by atoms with Crippen LogP contribution in [0.4, 0.5) is 11.4 Å². The van der Waals surface area contributed by atoms with Crippen LogP contribution in [0.2, 0.25) is 0 Å². The van der Waals surface area contributed by atoms with Crippen LogP contribution < -0.4 is 5.73 Å². The molecule has 1 aromatic heterocycles. The molecule has 2 aromatic rings. The molecule has 0 spiro atoms. The zero-order chi connectivity index (χ0) is 15.6. The molecule has 0 aliphatic heterocycles. The number of nitrogen functional groups attached to an aromatic ring is 1. The van der Waals surface area contributed by atoms with Gasteiger partial charge in [-0.1, -0.05) is 6.07 Å². The van der Waals surface area contributed by atoms with Crippen LogP contribution in [0.1, 0.15) is 16.1 Å². The number of rotatable bonds is 3. The molecule has 2 N–H and O–H groups in total. The highest BCUT2D eigenvalue weighted by Gasteiger charge is 2.22. The fraction of sp³-hybridized carbons (Fsp3) is 0.0769. The van der Waals surface area contributed by atoms with E-state index < -0.39 is 10.9 Å². The van der Waals surface area contributed by atoms with Gasteiger partial charge in [-0.2, -0.15) is 5.26 Å². The first-order chi connectivity index (χ1) is 9.99. The van der Waals surface area contributed by atoms with E-state index in [-0.39, 0.29) is 22.6 Å². The summed E-state index contributed by atoms with van der Waals surface area (Å²) < 4.78 is 5.93. The Hall–Kier alpha value is -3.34.